The number of carbonyl (C=O) groups is 2. The largest absolute Gasteiger partial charge is 0.462 e. The van der Waals surface area contributed by atoms with Gasteiger partial charge in [0.1, 0.15) is 11.1 Å². The fourth-order valence-corrected chi connectivity index (χ4v) is 3.87. The molecule has 0 atom stereocenters. The molecule has 0 fully saturated rings. The van der Waals surface area contributed by atoms with Crippen molar-refractivity contribution in [1.82, 2.24) is 0 Å². The van der Waals surface area contributed by atoms with Gasteiger partial charge < -0.3 is 9.47 Å². The summed E-state index contributed by atoms with van der Waals surface area (Å²) < 4.78 is 46.5. The zero-order valence-corrected chi connectivity index (χ0v) is 21.7. The lowest BCUT2D eigenvalue weighted by Crippen LogP contribution is -2.68. The van der Waals surface area contributed by atoms with E-state index in [0.717, 1.165) is 5.69 Å². The van der Waals surface area contributed by atoms with Crippen molar-refractivity contribution < 1.29 is 57.4 Å². The number of halogens is 1. The van der Waals surface area contributed by atoms with Crippen LogP contribution >= 0.6 is 0 Å². The summed E-state index contributed by atoms with van der Waals surface area (Å²) in [6.45, 7) is 7.24. The first-order chi connectivity index (χ1) is 17.8. The van der Waals surface area contributed by atoms with Gasteiger partial charge in [0.2, 0.25) is 5.69 Å². The van der Waals surface area contributed by atoms with Gasteiger partial charge in [-0.1, -0.05) is 18.2 Å². The minimum absolute atomic E-state index is 0.0992. The Kier molecular flexibility index (Phi) is 10.4. The van der Waals surface area contributed by atoms with E-state index in [-0.39, 0.29) is 30.0 Å². The van der Waals surface area contributed by atoms with Gasteiger partial charge >= 0.3 is 11.9 Å². The highest BCUT2D eigenvalue weighted by Gasteiger charge is 2.35. The molecule has 0 unspecified atom stereocenters. The predicted molar refractivity (Wildman–Crippen MR) is 121 cm³/mol. The predicted octanol–water partition coefficient (Wildman–Crippen LogP) is -0.247. The first-order valence-corrected chi connectivity index (χ1v) is 12.4. The van der Waals surface area contributed by atoms with Crippen LogP contribution in [0.15, 0.2) is 54.6 Å². The number of benzene rings is 2. The fourth-order valence-electron chi connectivity index (χ4n) is 3.87. The molecule has 0 aliphatic carbocycles. The van der Waals surface area contributed by atoms with Crippen LogP contribution in [0.5, 0.6) is 0 Å². The van der Waals surface area contributed by atoms with Crippen molar-refractivity contribution in [3.63, 3.8) is 0 Å². The van der Waals surface area contributed by atoms with Gasteiger partial charge in [-0.3, -0.25) is 10.1 Å². The molecule has 0 amide bonds. The van der Waals surface area contributed by atoms with Crippen molar-refractivity contribution in [2.45, 2.75) is 27.7 Å². The number of nitrogens with zero attached hydrogens (tertiary/aromatic N) is 2. The molecule has 1 heterocycles. The molecular formula is C25H25ClN2O10. The minimum atomic E-state index is -4.94. The first-order valence-electron chi connectivity index (χ1n) is 11.2. The van der Waals surface area contributed by atoms with Gasteiger partial charge in [-0.15, -0.1) is 10.2 Å². The average Bonchev–Trinajstić information content (AvgIpc) is 2.83. The molecule has 38 heavy (non-hydrogen) atoms. The third kappa shape index (κ3) is 7.54. The SMILES string of the molecule is CCOC(=O)c1c(-c2ccc([N+](=O)[O-])cc2)c(C(=O)OCC)c(C)[n+](-c2ccccc2)c1C.[O-][Cl+3]([O-])([O-])[O-]. The molecule has 1 aromatic heterocycles. The molecule has 0 aliphatic rings. The zero-order valence-electron chi connectivity index (χ0n) is 21.0. The number of carbonyl (C=O) groups excluding carboxylic acids is 2. The molecule has 13 heteroatoms. The molecule has 202 valence electrons. The Bertz CT molecular complexity index is 1260. The van der Waals surface area contributed by atoms with E-state index in [0.29, 0.717) is 22.5 Å². The molecular weight excluding hydrogens is 524 g/mol. The summed E-state index contributed by atoms with van der Waals surface area (Å²) in [7, 11) is -4.94. The number of nitro groups is 1. The summed E-state index contributed by atoms with van der Waals surface area (Å²) >= 11 is 0. The Balaban J connectivity index is 0.000000926. The number of pyridine rings is 1. The van der Waals surface area contributed by atoms with Crippen LogP contribution in [0.4, 0.5) is 5.69 Å². The smallest absolute Gasteiger partial charge is 0.345 e. The van der Waals surface area contributed by atoms with Gasteiger partial charge in [0.05, 0.1) is 18.1 Å². The summed E-state index contributed by atoms with van der Waals surface area (Å²) in [5, 5.41) is 11.1. The number of non-ortho nitro benzene ring substituents is 1. The van der Waals surface area contributed by atoms with E-state index in [1.54, 1.807) is 27.7 Å². The highest BCUT2D eigenvalue weighted by atomic mass is 35.7. The number of hydrogen-bond acceptors (Lipinski definition) is 10. The fraction of sp³-hybridized carbons (Fsp3) is 0.240. The Morgan fingerprint density at radius 2 is 1.24 bits per heavy atom. The third-order valence-corrected chi connectivity index (χ3v) is 5.23. The van der Waals surface area contributed by atoms with Gasteiger partial charge in [0, 0.05) is 43.7 Å². The number of ether oxygens (including phenoxy) is 2. The Morgan fingerprint density at radius 1 is 0.816 bits per heavy atom. The van der Waals surface area contributed by atoms with E-state index in [1.165, 1.54) is 24.3 Å². The first kappa shape index (κ1) is 30.3. The van der Waals surface area contributed by atoms with E-state index in [1.807, 2.05) is 34.9 Å². The van der Waals surface area contributed by atoms with Crippen molar-refractivity contribution in [2.75, 3.05) is 13.2 Å². The third-order valence-electron chi connectivity index (χ3n) is 5.23. The maximum atomic E-state index is 13.2. The van der Waals surface area contributed by atoms with Gasteiger partial charge in [-0.25, -0.2) is 28.2 Å². The summed E-state index contributed by atoms with van der Waals surface area (Å²) in [5.74, 6) is -1.20. The molecule has 0 bridgehead atoms. The normalized spacial score (nSPS) is 10.7. The highest BCUT2D eigenvalue weighted by Crippen LogP contribution is 2.33. The van der Waals surface area contributed by atoms with Crippen LogP contribution < -0.4 is 23.2 Å². The standard InChI is InChI=1S/C25H25N2O6.ClHO4/c1-5-32-24(28)21-16(3)26(19-10-8-7-9-11-19)17(4)22(25(29)33-6-2)23(21)18-12-14-20(15-13-18)27(30)31;2-1(3,4)5/h7-15H,5-6H2,1-4H3;(H,2,3,4,5)/q+1;/p-1. The van der Waals surface area contributed by atoms with Crippen LogP contribution in [0.25, 0.3) is 16.8 Å². The van der Waals surface area contributed by atoms with Gasteiger partial charge in [0.25, 0.3) is 5.69 Å². The highest BCUT2D eigenvalue weighted by molar-refractivity contribution is 6.06. The van der Waals surface area contributed by atoms with E-state index in [2.05, 4.69) is 0 Å². The Labute approximate surface area is 220 Å². The number of nitro benzene ring substituents is 1. The molecule has 0 saturated carbocycles. The zero-order chi connectivity index (χ0) is 28.6. The lowest BCUT2D eigenvalue weighted by molar-refractivity contribution is -2.00. The van der Waals surface area contributed by atoms with Crippen LogP contribution in [-0.2, 0) is 9.47 Å². The summed E-state index contributed by atoms with van der Waals surface area (Å²) in [6.07, 6.45) is 0. The number of hydrogen-bond donors (Lipinski definition) is 0. The van der Waals surface area contributed by atoms with Crippen molar-refractivity contribution in [2.24, 2.45) is 0 Å². The van der Waals surface area contributed by atoms with E-state index in [9.17, 15) is 19.7 Å². The Morgan fingerprint density at radius 3 is 1.61 bits per heavy atom. The lowest BCUT2D eigenvalue weighted by Gasteiger charge is -2.18. The average molecular weight is 549 g/mol. The van der Waals surface area contributed by atoms with Crippen molar-refractivity contribution in [3.8, 4) is 16.8 Å². The summed E-state index contributed by atoms with van der Waals surface area (Å²) in [6, 6.07) is 15.0. The van der Waals surface area contributed by atoms with Crippen molar-refractivity contribution in [1.29, 1.82) is 0 Å². The van der Waals surface area contributed by atoms with Crippen LogP contribution in [0.2, 0.25) is 0 Å². The number of esters is 2. The van der Waals surface area contributed by atoms with Crippen molar-refractivity contribution in [3.05, 3.63) is 87.2 Å². The molecule has 12 nitrogen and oxygen atoms in total. The van der Waals surface area contributed by atoms with Crippen molar-refractivity contribution >= 4 is 17.6 Å². The topological polar surface area (TPSA) is 192 Å². The van der Waals surface area contributed by atoms with Gasteiger partial charge in [-0.2, -0.15) is 4.57 Å². The summed E-state index contributed by atoms with van der Waals surface area (Å²) in [5.41, 5.74) is 2.99. The molecule has 2 aromatic carbocycles. The van der Waals surface area contributed by atoms with Crippen LogP contribution in [0.1, 0.15) is 46.0 Å². The van der Waals surface area contributed by atoms with Crippen LogP contribution in [0, 0.1) is 34.2 Å². The van der Waals surface area contributed by atoms with Gasteiger partial charge in [-0.05, 0) is 31.5 Å². The summed E-state index contributed by atoms with van der Waals surface area (Å²) in [4.78, 5) is 37.0. The number of rotatable bonds is 7. The second-order valence-electron chi connectivity index (χ2n) is 7.59. The molecule has 0 aliphatic heterocycles. The molecule has 0 N–H and O–H groups in total. The maximum absolute atomic E-state index is 13.2. The van der Waals surface area contributed by atoms with Crippen LogP contribution in [-0.4, -0.2) is 30.1 Å². The lowest BCUT2D eigenvalue weighted by atomic mass is 9.91. The second kappa shape index (κ2) is 13.0. The molecule has 0 spiro atoms. The number of para-hydroxylation sites is 1. The van der Waals surface area contributed by atoms with E-state index >= 15 is 0 Å². The second-order valence-corrected chi connectivity index (χ2v) is 8.35. The maximum Gasteiger partial charge on any atom is 0.345 e. The number of aromatic nitrogens is 1. The quantitative estimate of drug-likeness (QED) is 0.164. The monoisotopic (exact) mass is 548 g/mol. The van der Waals surface area contributed by atoms with Crippen LogP contribution in [0.3, 0.4) is 0 Å². The molecule has 3 rings (SSSR count). The van der Waals surface area contributed by atoms with Gasteiger partial charge in [0.15, 0.2) is 11.4 Å². The molecule has 3 aromatic rings. The molecule has 0 saturated heterocycles. The van der Waals surface area contributed by atoms with E-state index < -0.39 is 27.1 Å². The Hall–Kier alpha value is -3.94. The van der Waals surface area contributed by atoms with E-state index in [4.69, 9.17) is 28.1 Å². The molecule has 0 radical (unpaired) electrons. The minimum Gasteiger partial charge on any atom is -0.462 e.